The fourth-order valence-corrected chi connectivity index (χ4v) is 4.30. The predicted molar refractivity (Wildman–Crippen MR) is 123 cm³/mol. The van der Waals surface area contributed by atoms with Gasteiger partial charge in [0.25, 0.3) is 0 Å². The second-order valence-electron chi connectivity index (χ2n) is 7.60. The topological polar surface area (TPSA) is 86.8 Å². The normalized spacial score (nSPS) is 12.2. The first kappa shape index (κ1) is 24.4. The van der Waals surface area contributed by atoms with Gasteiger partial charge in [-0.15, -0.1) is 0 Å². The zero-order chi connectivity index (χ0) is 23.2. The number of nitrogens with one attached hydrogen (secondary N) is 1. The molecule has 0 aliphatic carbocycles. The minimum atomic E-state index is -3.72. The number of sulfonamides is 1. The maximum absolute atomic E-state index is 13.4. The monoisotopic (exact) mass is 445 g/mol. The van der Waals surface area contributed by atoms with Crippen molar-refractivity contribution in [3.8, 4) is 0 Å². The highest BCUT2D eigenvalue weighted by molar-refractivity contribution is 7.92. The van der Waals surface area contributed by atoms with Crippen LogP contribution in [0.3, 0.4) is 0 Å². The van der Waals surface area contributed by atoms with Crippen LogP contribution in [0.2, 0.25) is 0 Å². The van der Waals surface area contributed by atoms with Gasteiger partial charge < -0.3 is 10.2 Å². The number of carbonyl (C=O) groups is 2. The van der Waals surface area contributed by atoms with Crippen LogP contribution < -0.4 is 9.62 Å². The Labute approximate surface area is 185 Å². The molecule has 0 fully saturated rings. The van der Waals surface area contributed by atoms with Crippen molar-refractivity contribution >= 4 is 27.5 Å². The van der Waals surface area contributed by atoms with Crippen LogP contribution in [0.1, 0.15) is 30.0 Å². The SMILES string of the molecule is CC[C@@H](C(=O)NC)N(Cc1ccccc1C)C(=O)CN(c1cccc(C)c1)S(C)(=O)=O. The molecule has 2 aromatic rings. The molecule has 1 atom stereocenters. The molecule has 2 rings (SSSR count). The molecule has 0 aromatic heterocycles. The van der Waals surface area contributed by atoms with E-state index in [1.807, 2.05) is 51.1 Å². The number of hydrogen-bond donors (Lipinski definition) is 1. The number of rotatable bonds is 9. The molecular formula is C23H31N3O4S. The van der Waals surface area contributed by atoms with Crippen molar-refractivity contribution in [1.82, 2.24) is 10.2 Å². The number of nitrogens with zero attached hydrogens (tertiary/aromatic N) is 2. The van der Waals surface area contributed by atoms with Gasteiger partial charge in [0.1, 0.15) is 12.6 Å². The van der Waals surface area contributed by atoms with Crippen molar-refractivity contribution in [2.75, 3.05) is 24.2 Å². The number of amides is 2. The van der Waals surface area contributed by atoms with Gasteiger partial charge in [0.2, 0.25) is 21.8 Å². The van der Waals surface area contributed by atoms with E-state index in [0.29, 0.717) is 12.1 Å². The third-order valence-corrected chi connectivity index (χ3v) is 6.34. The first-order chi connectivity index (χ1) is 14.6. The molecule has 2 amide bonds. The van der Waals surface area contributed by atoms with Crippen molar-refractivity contribution in [3.05, 3.63) is 65.2 Å². The second-order valence-corrected chi connectivity index (χ2v) is 9.50. The molecule has 2 aromatic carbocycles. The molecule has 8 heteroatoms. The molecule has 0 spiro atoms. The number of likely N-dealkylation sites (N-methyl/N-ethyl adjacent to an activating group) is 1. The lowest BCUT2D eigenvalue weighted by molar-refractivity contribution is -0.140. The quantitative estimate of drug-likeness (QED) is 0.643. The molecule has 0 radical (unpaired) electrons. The Bertz CT molecular complexity index is 1040. The van der Waals surface area contributed by atoms with Gasteiger partial charge in [0.05, 0.1) is 11.9 Å². The van der Waals surface area contributed by atoms with Crippen LogP contribution in [-0.2, 0) is 26.2 Å². The third-order valence-electron chi connectivity index (χ3n) is 5.20. The molecule has 0 unspecified atom stereocenters. The predicted octanol–water partition coefficient (Wildman–Crippen LogP) is 2.62. The van der Waals surface area contributed by atoms with Crippen LogP contribution in [0.5, 0.6) is 0 Å². The highest BCUT2D eigenvalue weighted by atomic mass is 32.2. The largest absolute Gasteiger partial charge is 0.357 e. The van der Waals surface area contributed by atoms with E-state index in [-0.39, 0.29) is 19.0 Å². The Morgan fingerprint density at radius 2 is 1.74 bits per heavy atom. The van der Waals surface area contributed by atoms with E-state index in [9.17, 15) is 18.0 Å². The van der Waals surface area contributed by atoms with Crippen molar-refractivity contribution in [3.63, 3.8) is 0 Å². The molecule has 1 N–H and O–H groups in total. The number of benzene rings is 2. The van der Waals surface area contributed by atoms with Gasteiger partial charge in [0, 0.05) is 13.6 Å². The fourth-order valence-electron chi connectivity index (χ4n) is 3.45. The highest BCUT2D eigenvalue weighted by Crippen LogP contribution is 2.21. The summed E-state index contributed by atoms with van der Waals surface area (Å²) in [4.78, 5) is 27.4. The Hall–Kier alpha value is -2.87. The number of hydrogen-bond acceptors (Lipinski definition) is 4. The van der Waals surface area contributed by atoms with Crippen LogP contribution in [0.4, 0.5) is 5.69 Å². The first-order valence-electron chi connectivity index (χ1n) is 10.2. The summed E-state index contributed by atoms with van der Waals surface area (Å²) in [6.07, 6.45) is 1.48. The van der Waals surface area contributed by atoms with E-state index >= 15 is 0 Å². The summed E-state index contributed by atoms with van der Waals surface area (Å²) in [6, 6.07) is 13.9. The lowest BCUT2D eigenvalue weighted by atomic mass is 10.1. The Morgan fingerprint density at radius 1 is 1.06 bits per heavy atom. The van der Waals surface area contributed by atoms with E-state index in [2.05, 4.69) is 5.32 Å². The maximum atomic E-state index is 13.4. The summed E-state index contributed by atoms with van der Waals surface area (Å²) >= 11 is 0. The van der Waals surface area contributed by atoms with Crippen molar-refractivity contribution in [2.45, 2.75) is 39.8 Å². The van der Waals surface area contributed by atoms with Crippen LogP contribution in [0.25, 0.3) is 0 Å². The van der Waals surface area contributed by atoms with E-state index < -0.39 is 22.0 Å². The van der Waals surface area contributed by atoms with Crippen LogP contribution >= 0.6 is 0 Å². The highest BCUT2D eigenvalue weighted by Gasteiger charge is 2.31. The molecule has 7 nitrogen and oxygen atoms in total. The molecule has 31 heavy (non-hydrogen) atoms. The Balaban J connectivity index is 2.44. The molecule has 0 aliphatic rings. The summed E-state index contributed by atoms with van der Waals surface area (Å²) in [5.41, 5.74) is 3.19. The second kappa shape index (κ2) is 10.4. The van der Waals surface area contributed by atoms with Crippen LogP contribution in [0.15, 0.2) is 48.5 Å². The van der Waals surface area contributed by atoms with Gasteiger partial charge in [-0.05, 0) is 49.1 Å². The van der Waals surface area contributed by atoms with Gasteiger partial charge in [-0.2, -0.15) is 0 Å². The average Bonchev–Trinajstić information content (AvgIpc) is 2.71. The number of aryl methyl sites for hydroxylation is 2. The molecule has 0 saturated carbocycles. The molecule has 0 aliphatic heterocycles. The summed E-state index contributed by atoms with van der Waals surface area (Å²) in [5, 5.41) is 2.61. The van der Waals surface area contributed by atoms with Crippen molar-refractivity contribution in [1.29, 1.82) is 0 Å². The van der Waals surface area contributed by atoms with E-state index in [0.717, 1.165) is 27.3 Å². The van der Waals surface area contributed by atoms with E-state index in [1.54, 1.807) is 18.2 Å². The third kappa shape index (κ3) is 6.30. The minimum absolute atomic E-state index is 0.211. The summed E-state index contributed by atoms with van der Waals surface area (Å²) in [6.45, 7) is 5.45. The summed E-state index contributed by atoms with van der Waals surface area (Å²) in [5.74, 6) is -0.725. The summed E-state index contributed by atoms with van der Waals surface area (Å²) in [7, 11) is -2.19. The smallest absolute Gasteiger partial charge is 0.244 e. The molecule has 168 valence electrons. The van der Waals surface area contributed by atoms with Crippen molar-refractivity contribution < 1.29 is 18.0 Å². The minimum Gasteiger partial charge on any atom is -0.357 e. The maximum Gasteiger partial charge on any atom is 0.244 e. The molecular weight excluding hydrogens is 414 g/mol. The van der Waals surface area contributed by atoms with Crippen molar-refractivity contribution in [2.24, 2.45) is 0 Å². The molecule has 0 saturated heterocycles. The fraction of sp³-hybridized carbons (Fsp3) is 0.391. The van der Waals surface area contributed by atoms with Gasteiger partial charge in [0.15, 0.2) is 0 Å². The van der Waals surface area contributed by atoms with Crippen LogP contribution in [-0.4, -0.2) is 51.0 Å². The molecule has 0 heterocycles. The van der Waals surface area contributed by atoms with Gasteiger partial charge >= 0.3 is 0 Å². The van der Waals surface area contributed by atoms with Gasteiger partial charge in [-0.1, -0.05) is 43.3 Å². The van der Waals surface area contributed by atoms with Crippen LogP contribution in [0, 0.1) is 13.8 Å². The first-order valence-corrected chi connectivity index (χ1v) is 12.0. The number of carbonyl (C=O) groups excluding carboxylic acids is 2. The van der Waals surface area contributed by atoms with E-state index in [1.165, 1.54) is 11.9 Å². The molecule has 0 bridgehead atoms. The van der Waals surface area contributed by atoms with E-state index in [4.69, 9.17) is 0 Å². The zero-order valence-corrected chi connectivity index (χ0v) is 19.6. The average molecular weight is 446 g/mol. The Morgan fingerprint density at radius 3 is 2.29 bits per heavy atom. The lowest BCUT2D eigenvalue weighted by Crippen LogP contribution is -2.51. The zero-order valence-electron chi connectivity index (χ0n) is 18.8. The van der Waals surface area contributed by atoms with Gasteiger partial charge in [-0.25, -0.2) is 8.42 Å². The van der Waals surface area contributed by atoms with Gasteiger partial charge in [-0.3, -0.25) is 13.9 Å². The standard InChI is InChI=1S/C23H31N3O4S/c1-6-21(23(28)24-4)25(15-19-12-8-7-11-18(19)3)22(27)16-26(31(5,29)30)20-13-9-10-17(2)14-20/h7-14,21H,6,15-16H2,1-5H3,(H,24,28)/t21-/m0/s1. The summed E-state index contributed by atoms with van der Waals surface area (Å²) < 4.78 is 26.1. The Kier molecular flexibility index (Phi) is 8.21. The lowest BCUT2D eigenvalue weighted by Gasteiger charge is -2.33. The number of anilines is 1.